The average molecular weight is 380 g/mol. The molecule has 0 radical (unpaired) electrons. The summed E-state index contributed by atoms with van der Waals surface area (Å²) in [5.41, 5.74) is 0.121. The molecule has 10 heteroatoms. The Morgan fingerprint density at radius 1 is 1.24 bits per heavy atom. The topological polar surface area (TPSA) is 75.7 Å². The van der Waals surface area contributed by atoms with Gasteiger partial charge >= 0.3 is 6.18 Å². The number of carbonyl (C=O) groups is 1. The number of alkyl halides is 3. The number of nitrogens with one attached hydrogen (secondary N) is 1. The Morgan fingerprint density at radius 2 is 1.92 bits per heavy atom. The Labute approximate surface area is 144 Å². The zero-order valence-corrected chi connectivity index (χ0v) is 14.2. The highest BCUT2D eigenvalue weighted by Crippen LogP contribution is 2.21. The van der Waals surface area contributed by atoms with Crippen molar-refractivity contribution in [1.29, 1.82) is 0 Å². The molecule has 140 valence electrons. The second-order valence-corrected chi connectivity index (χ2v) is 7.50. The fourth-order valence-electron chi connectivity index (χ4n) is 2.40. The molecule has 1 heterocycles. The molecule has 1 fully saturated rings. The normalized spacial score (nSPS) is 16.1. The molecule has 0 atom stereocenters. The van der Waals surface area contributed by atoms with Gasteiger partial charge in [-0.15, -0.1) is 0 Å². The Morgan fingerprint density at radius 3 is 2.56 bits per heavy atom. The van der Waals surface area contributed by atoms with Crippen LogP contribution >= 0.6 is 0 Å². The number of sulfonamides is 1. The molecule has 0 unspecified atom stereocenters. The number of hydrogen-bond donors (Lipinski definition) is 1. The van der Waals surface area contributed by atoms with Gasteiger partial charge in [0.15, 0.2) is 0 Å². The molecule has 1 saturated heterocycles. The van der Waals surface area contributed by atoms with Crippen molar-refractivity contribution in [2.24, 2.45) is 0 Å². The van der Waals surface area contributed by atoms with Crippen molar-refractivity contribution in [2.75, 3.05) is 32.8 Å². The molecule has 0 aliphatic carbocycles. The van der Waals surface area contributed by atoms with E-state index in [0.717, 1.165) is 12.8 Å². The van der Waals surface area contributed by atoms with Gasteiger partial charge in [-0.25, -0.2) is 8.42 Å². The summed E-state index contributed by atoms with van der Waals surface area (Å²) in [6.07, 6.45) is -2.81. The number of carbonyl (C=O) groups excluding carboxylic acids is 1. The summed E-state index contributed by atoms with van der Waals surface area (Å²) in [7, 11) is -3.64. The van der Waals surface area contributed by atoms with Crippen LogP contribution in [0.15, 0.2) is 29.2 Å². The molecule has 0 saturated carbocycles. The van der Waals surface area contributed by atoms with Gasteiger partial charge in [0.05, 0.1) is 11.5 Å². The average Bonchev–Trinajstić information content (AvgIpc) is 3.08. The van der Waals surface area contributed by atoms with E-state index in [1.807, 2.05) is 0 Å². The minimum Gasteiger partial charge on any atom is -0.370 e. The molecule has 2 rings (SSSR count). The Balaban J connectivity index is 1.93. The minimum absolute atomic E-state index is 0.0235. The van der Waals surface area contributed by atoms with Gasteiger partial charge in [-0.05, 0) is 31.0 Å². The highest BCUT2D eigenvalue weighted by atomic mass is 32.2. The quantitative estimate of drug-likeness (QED) is 0.732. The lowest BCUT2D eigenvalue weighted by atomic mass is 10.2. The van der Waals surface area contributed by atoms with E-state index < -0.39 is 28.7 Å². The third kappa shape index (κ3) is 5.68. The van der Waals surface area contributed by atoms with Gasteiger partial charge in [-0.1, -0.05) is 6.07 Å². The van der Waals surface area contributed by atoms with Gasteiger partial charge in [0, 0.05) is 25.2 Å². The van der Waals surface area contributed by atoms with Crippen LogP contribution in [-0.2, 0) is 14.8 Å². The fourth-order valence-corrected chi connectivity index (χ4v) is 3.97. The van der Waals surface area contributed by atoms with E-state index in [-0.39, 0.29) is 23.6 Å². The van der Waals surface area contributed by atoms with Crippen molar-refractivity contribution in [3.8, 4) is 0 Å². The molecule has 1 aromatic rings. The van der Waals surface area contributed by atoms with Crippen LogP contribution in [0.4, 0.5) is 13.2 Å². The second kappa shape index (κ2) is 8.15. The first kappa shape index (κ1) is 19.7. The van der Waals surface area contributed by atoms with Gasteiger partial charge in [0.25, 0.3) is 5.91 Å². The number of rotatable bonds is 7. The molecule has 1 aliphatic heterocycles. The van der Waals surface area contributed by atoms with Crippen molar-refractivity contribution in [2.45, 2.75) is 23.9 Å². The van der Waals surface area contributed by atoms with Crippen LogP contribution in [0, 0.1) is 0 Å². The first-order valence-electron chi connectivity index (χ1n) is 7.73. The molecule has 0 spiro atoms. The lowest BCUT2D eigenvalue weighted by Crippen LogP contribution is -2.30. The number of nitrogens with zero attached hydrogens (tertiary/aromatic N) is 1. The van der Waals surface area contributed by atoms with Crippen LogP contribution in [0.3, 0.4) is 0 Å². The molecule has 1 aliphatic rings. The maximum absolute atomic E-state index is 12.5. The molecule has 1 aromatic carbocycles. The number of benzene rings is 1. The highest BCUT2D eigenvalue weighted by Gasteiger charge is 2.28. The molecule has 25 heavy (non-hydrogen) atoms. The number of hydrogen-bond acceptors (Lipinski definition) is 4. The lowest BCUT2D eigenvalue weighted by molar-refractivity contribution is -0.173. The fraction of sp³-hybridized carbons (Fsp3) is 0.533. The van der Waals surface area contributed by atoms with Gasteiger partial charge in [0.2, 0.25) is 10.0 Å². The number of amides is 1. The van der Waals surface area contributed by atoms with E-state index in [4.69, 9.17) is 0 Å². The van der Waals surface area contributed by atoms with Crippen LogP contribution < -0.4 is 5.32 Å². The maximum atomic E-state index is 12.5. The van der Waals surface area contributed by atoms with Crippen molar-refractivity contribution in [3.63, 3.8) is 0 Å². The summed E-state index contributed by atoms with van der Waals surface area (Å²) in [6, 6.07) is 5.57. The van der Waals surface area contributed by atoms with Crippen molar-refractivity contribution >= 4 is 15.9 Å². The lowest BCUT2D eigenvalue weighted by Gasteiger charge is -2.16. The summed E-state index contributed by atoms with van der Waals surface area (Å²) in [5, 5.41) is 2.39. The van der Waals surface area contributed by atoms with E-state index in [2.05, 4.69) is 10.1 Å². The molecule has 0 aromatic heterocycles. The first-order chi connectivity index (χ1) is 11.7. The molecule has 6 nitrogen and oxygen atoms in total. The predicted molar refractivity (Wildman–Crippen MR) is 83.6 cm³/mol. The van der Waals surface area contributed by atoms with Crippen LogP contribution in [0.25, 0.3) is 0 Å². The minimum atomic E-state index is -4.41. The van der Waals surface area contributed by atoms with Crippen LogP contribution in [0.2, 0.25) is 0 Å². The van der Waals surface area contributed by atoms with E-state index in [9.17, 15) is 26.4 Å². The molecular formula is C15H19F3N2O4S. The van der Waals surface area contributed by atoms with Crippen LogP contribution in [0.5, 0.6) is 0 Å². The third-order valence-electron chi connectivity index (χ3n) is 3.60. The Hall–Kier alpha value is -1.65. The van der Waals surface area contributed by atoms with Crippen molar-refractivity contribution in [3.05, 3.63) is 29.8 Å². The summed E-state index contributed by atoms with van der Waals surface area (Å²) in [5.74, 6) is -0.575. The first-order valence-corrected chi connectivity index (χ1v) is 9.17. The largest absolute Gasteiger partial charge is 0.411 e. The smallest absolute Gasteiger partial charge is 0.370 e. The summed E-state index contributed by atoms with van der Waals surface area (Å²) in [6.45, 7) is -0.883. The zero-order chi connectivity index (χ0) is 18.5. The van der Waals surface area contributed by atoms with Gasteiger partial charge in [-0.2, -0.15) is 17.5 Å². The Kier molecular flexibility index (Phi) is 6.42. The van der Waals surface area contributed by atoms with Crippen molar-refractivity contribution in [1.82, 2.24) is 9.62 Å². The molecule has 1 amide bonds. The third-order valence-corrected chi connectivity index (χ3v) is 5.49. The Bertz CT molecular complexity index is 701. The predicted octanol–water partition coefficient (Wildman–Crippen LogP) is 1.78. The van der Waals surface area contributed by atoms with Crippen LogP contribution in [0.1, 0.15) is 23.2 Å². The zero-order valence-electron chi connectivity index (χ0n) is 13.4. The number of halogens is 3. The molecule has 1 N–H and O–H groups in total. The van der Waals surface area contributed by atoms with Gasteiger partial charge in [0.1, 0.15) is 6.61 Å². The number of ether oxygens (including phenoxy) is 1. The summed E-state index contributed by atoms with van der Waals surface area (Å²) >= 11 is 0. The van der Waals surface area contributed by atoms with E-state index in [1.54, 1.807) is 0 Å². The molecule has 0 bridgehead atoms. The summed E-state index contributed by atoms with van der Waals surface area (Å²) < 4.78 is 66.5. The van der Waals surface area contributed by atoms with E-state index >= 15 is 0 Å². The molecular weight excluding hydrogens is 361 g/mol. The van der Waals surface area contributed by atoms with Crippen LogP contribution in [-0.4, -0.2) is 57.7 Å². The van der Waals surface area contributed by atoms with E-state index in [1.165, 1.54) is 28.6 Å². The van der Waals surface area contributed by atoms with E-state index in [0.29, 0.717) is 13.1 Å². The van der Waals surface area contributed by atoms with Crippen molar-refractivity contribution < 1.29 is 31.1 Å². The summed E-state index contributed by atoms with van der Waals surface area (Å²) in [4.78, 5) is 12.0. The standard InChI is InChI=1S/C15H19F3N2O4S/c16-15(17,18)11-24-9-6-19-14(21)12-4-3-5-13(10-12)25(22,23)20-7-1-2-8-20/h3-5,10H,1-2,6-9,11H2,(H,19,21). The SMILES string of the molecule is O=C(NCCOCC(F)(F)F)c1cccc(S(=O)(=O)N2CCCC2)c1. The monoisotopic (exact) mass is 380 g/mol. The second-order valence-electron chi connectivity index (χ2n) is 5.56. The van der Waals surface area contributed by atoms with Gasteiger partial charge in [-0.3, -0.25) is 4.79 Å². The highest BCUT2D eigenvalue weighted by molar-refractivity contribution is 7.89. The maximum Gasteiger partial charge on any atom is 0.411 e. The van der Waals surface area contributed by atoms with Gasteiger partial charge < -0.3 is 10.1 Å².